The van der Waals surface area contributed by atoms with E-state index in [-0.39, 0.29) is 24.4 Å². The Kier molecular flexibility index (Phi) is 5.36. The van der Waals surface area contributed by atoms with Crippen LogP contribution in [0.25, 0.3) is 0 Å². The SMILES string of the molecule is CC(C)Oc1ccccc1NCC(=O)Nc1cccc(F)c1. The molecule has 0 aromatic heterocycles. The second-order valence-electron chi connectivity index (χ2n) is 5.07. The van der Waals surface area contributed by atoms with Crippen LogP contribution in [0.3, 0.4) is 0 Å². The molecule has 0 radical (unpaired) electrons. The number of hydrogen-bond donors (Lipinski definition) is 2. The van der Waals surface area contributed by atoms with Crippen LogP contribution in [-0.2, 0) is 4.79 Å². The minimum Gasteiger partial charge on any atom is -0.489 e. The second kappa shape index (κ2) is 7.45. The third kappa shape index (κ3) is 4.77. The predicted molar refractivity (Wildman–Crippen MR) is 85.7 cm³/mol. The van der Waals surface area contributed by atoms with Crippen molar-refractivity contribution in [2.75, 3.05) is 17.2 Å². The van der Waals surface area contributed by atoms with Gasteiger partial charge in [-0.15, -0.1) is 0 Å². The molecule has 1 amide bonds. The number of hydrogen-bond acceptors (Lipinski definition) is 3. The lowest BCUT2D eigenvalue weighted by Gasteiger charge is -2.15. The molecule has 0 aliphatic carbocycles. The highest BCUT2D eigenvalue weighted by Crippen LogP contribution is 2.24. The Balaban J connectivity index is 1.94. The van der Waals surface area contributed by atoms with E-state index in [1.165, 1.54) is 12.1 Å². The second-order valence-corrected chi connectivity index (χ2v) is 5.07. The molecule has 2 rings (SSSR count). The molecule has 0 aliphatic rings. The number of amides is 1. The van der Waals surface area contributed by atoms with Crippen LogP contribution >= 0.6 is 0 Å². The monoisotopic (exact) mass is 302 g/mol. The zero-order chi connectivity index (χ0) is 15.9. The zero-order valence-electron chi connectivity index (χ0n) is 12.6. The maximum absolute atomic E-state index is 13.1. The molecule has 116 valence electrons. The summed E-state index contributed by atoms with van der Waals surface area (Å²) in [4.78, 5) is 11.9. The van der Waals surface area contributed by atoms with Gasteiger partial charge in [0.2, 0.25) is 5.91 Å². The zero-order valence-corrected chi connectivity index (χ0v) is 12.6. The number of anilines is 2. The lowest BCUT2D eigenvalue weighted by molar-refractivity contribution is -0.114. The standard InChI is InChI=1S/C17H19FN2O2/c1-12(2)22-16-9-4-3-8-15(16)19-11-17(21)20-14-7-5-6-13(18)10-14/h3-10,12,19H,11H2,1-2H3,(H,20,21). The first-order valence-electron chi connectivity index (χ1n) is 7.09. The number of benzene rings is 2. The molecule has 2 aromatic rings. The lowest BCUT2D eigenvalue weighted by Crippen LogP contribution is -2.22. The van der Waals surface area contributed by atoms with Crippen LogP contribution < -0.4 is 15.4 Å². The van der Waals surface area contributed by atoms with Crippen molar-refractivity contribution in [3.05, 3.63) is 54.3 Å². The molecular formula is C17H19FN2O2. The first kappa shape index (κ1) is 15.8. The van der Waals surface area contributed by atoms with E-state index in [0.29, 0.717) is 11.4 Å². The summed E-state index contributed by atoms with van der Waals surface area (Å²) in [5.74, 6) is 0.0439. The van der Waals surface area contributed by atoms with E-state index in [0.717, 1.165) is 5.69 Å². The summed E-state index contributed by atoms with van der Waals surface area (Å²) in [5.41, 5.74) is 1.17. The van der Waals surface area contributed by atoms with Gasteiger partial charge in [-0.1, -0.05) is 18.2 Å². The minimum atomic E-state index is -0.388. The Morgan fingerprint density at radius 3 is 2.68 bits per heavy atom. The van der Waals surface area contributed by atoms with Gasteiger partial charge in [-0.2, -0.15) is 0 Å². The highest BCUT2D eigenvalue weighted by atomic mass is 19.1. The van der Waals surface area contributed by atoms with Crippen LogP contribution in [0.1, 0.15) is 13.8 Å². The van der Waals surface area contributed by atoms with Gasteiger partial charge in [-0.3, -0.25) is 4.79 Å². The van der Waals surface area contributed by atoms with Crippen molar-refractivity contribution >= 4 is 17.3 Å². The Morgan fingerprint density at radius 1 is 1.18 bits per heavy atom. The first-order valence-corrected chi connectivity index (χ1v) is 7.09. The molecular weight excluding hydrogens is 283 g/mol. The molecule has 2 N–H and O–H groups in total. The Morgan fingerprint density at radius 2 is 1.95 bits per heavy atom. The van der Waals surface area contributed by atoms with Crippen LogP contribution in [-0.4, -0.2) is 18.6 Å². The number of halogens is 1. The summed E-state index contributed by atoms with van der Waals surface area (Å²) in [6.45, 7) is 3.94. The maximum Gasteiger partial charge on any atom is 0.243 e. The van der Waals surface area contributed by atoms with Crippen molar-refractivity contribution in [3.63, 3.8) is 0 Å². The maximum atomic E-state index is 13.1. The topological polar surface area (TPSA) is 50.4 Å². The molecule has 0 unspecified atom stereocenters. The quantitative estimate of drug-likeness (QED) is 0.856. The number of rotatable bonds is 6. The molecule has 0 saturated carbocycles. The fourth-order valence-corrected chi connectivity index (χ4v) is 1.92. The molecule has 0 atom stereocenters. The molecule has 0 aliphatic heterocycles. The van der Waals surface area contributed by atoms with Gasteiger partial charge in [0.25, 0.3) is 0 Å². The number of ether oxygens (including phenoxy) is 1. The largest absolute Gasteiger partial charge is 0.489 e. The molecule has 2 aromatic carbocycles. The highest BCUT2D eigenvalue weighted by Gasteiger charge is 2.07. The van der Waals surface area contributed by atoms with Crippen LogP contribution in [0, 0.1) is 5.82 Å². The summed E-state index contributed by atoms with van der Waals surface area (Å²) >= 11 is 0. The van der Waals surface area contributed by atoms with Crippen LogP contribution in [0.4, 0.5) is 15.8 Å². The normalized spacial score (nSPS) is 10.4. The van der Waals surface area contributed by atoms with Gasteiger partial charge in [0.1, 0.15) is 11.6 Å². The Labute approximate surface area is 129 Å². The molecule has 22 heavy (non-hydrogen) atoms. The van der Waals surface area contributed by atoms with Crippen molar-refractivity contribution < 1.29 is 13.9 Å². The van der Waals surface area contributed by atoms with Crippen molar-refractivity contribution in [1.82, 2.24) is 0 Å². The highest BCUT2D eigenvalue weighted by molar-refractivity contribution is 5.93. The van der Waals surface area contributed by atoms with Crippen molar-refractivity contribution in [1.29, 1.82) is 0 Å². The van der Waals surface area contributed by atoms with E-state index in [1.54, 1.807) is 12.1 Å². The van der Waals surface area contributed by atoms with Gasteiger partial charge in [-0.05, 0) is 44.2 Å². The van der Waals surface area contributed by atoms with E-state index < -0.39 is 0 Å². The van der Waals surface area contributed by atoms with Crippen molar-refractivity contribution in [2.24, 2.45) is 0 Å². The van der Waals surface area contributed by atoms with E-state index in [4.69, 9.17) is 4.74 Å². The minimum absolute atomic E-state index is 0.0454. The summed E-state index contributed by atoms with van der Waals surface area (Å²) in [5, 5.41) is 5.65. The third-order valence-electron chi connectivity index (χ3n) is 2.80. The van der Waals surface area contributed by atoms with Gasteiger partial charge in [0, 0.05) is 5.69 Å². The number of nitrogens with one attached hydrogen (secondary N) is 2. The van der Waals surface area contributed by atoms with E-state index in [9.17, 15) is 9.18 Å². The van der Waals surface area contributed by atoms with Gasteiger partial charge in [0.05, 0.1) is 18.3 Å². The lowest BCUT2D eigenvalue weighted by atomic mass is 10.2. The molecule has 0 heterocycles. The van der Waals surface area contributed by atoms with Gasteiger partial charge in [0.15, 0.2) is 0 Å². The molecule has 0 spiro atoms. The van der Waals surface area contributed by atoms with Crippen LogP contribution in [0.2, 0.25) is 0 Å². The number of carbonyl (C=O) groups excluding carboxylic acids is 1. The number of para-hydroxylation sites is 2. The molecule has 0 saturated heterocycles. The van der Waals surface area contributed by atoms with Gasteiger partial charge in [-0.25, -0.2) is 4.39 Å². The average Bonchev–Trinajstić information content (AvgIpc) is 2.46. The fourth-order valence-electron chi connectivity index (χ4n) is 1.92. The number of carbonyl (C=O) groups is 1. The van der Waals surface area contributed by atoms with Crippen LogP contribution in [0.5, 0.6) is 5.75 Å². The van der Waals surface area contributed by atoms with Gasteiger partial charge >= 0.3 is 0 Å². The Bertz CT molecular complexity index is 644. The smallest absolute Gasteiger partial charge is 0.243 e. The Hall–Kier alpha value is -2.56. The first-order chi connectivity index (χ1) is 10.5. The molecule has 4 nitrogen and oxygen atoms in total. The molecule has 0 bridgehead atoms. The van der Waals surface area contributed by atoms with Crippen molar-refractivity contribution in [3.8, 4) is 5.75 Å². The molecule has 5 heteroatoms. The third-order valence-corrected chi connectivity index (χ3v) is 2.80. The summed E-state index contributed by atoms with van der Waals surface area (Å²) < 4.78 is 18.7. The fraction of sp³-hybridized carbons (Fsp3) is 0.235. The van der Waals surface area contributed by atoms with Crippen LogP contribution in [0.15, 0.2) is 48.5 Å². The van der Waals surface area contributed by atoms with Crippen molar-refractivity contribution in [2.45, 2.75) is 20.0 Å². The predicted octanol–water partition coefficient (Wildman–Crippen LogP) is 3.66. The average molecular weight is 302 g/mol. The van der Waals surface area contributed by atoms with Gasteiger partial charge < -0.3 is 15.4 Å². The molecule has 0 fully saturated rings. The summed E-state index contributed by atoms with van der Waals surface area (Å²) in [6, 6.07) is 13.2. The van der Waals surface area contributed by atoms with E-state index in [2.05, 4.69) is 10.6 Å². The summed E-state index contributed by atoms with van der Waals surface area (Å²) in [6.07, 6.45) is 0.0454. The van der Waals surface area contributed by atoms with E-state index in [1.807, 2.05) is 38.1 Å². The van der Waals surface area contributed by atoms with E-state index >= 15 is 0 Å². The summed E-state index contributed by atoms with van der Waals surface area (Å²) in [7, 11) is 0.